The van der Waals surface area contributed by atoms with E-state index in [9.17, 15) is 0 Å². The molecule has 0 saturated carbocycles. The predicted molar refractivity (Wildman–Crippen MR) is 132 cm³/mol. The summed E-state index contributed by atoms with van der Waals surface area (Å²) in [5.41, 5.74) is 0. The Morgan fingerprint density at radius 1 is 0.174 bits per heavy atom. The summed E-state index contributed by atoms with van der Waals surface area (Å²) in [5, 5.41) is 0. The van der Waals surface area contributed by atoms with Crippen LogP contribution < -0.4 is 0 Å². The Bertz CT molecular complexity index is 531. The zero-order valence-electron chi connectivity index (χ0n) is 20.1. The van der Waals surface area contributed by atoms with E-state index in [4.69, 9.17) is 158 Å². The Morgan fingerprint density at radius 3 is 0.174 bits per heavy atom. The summed E-state index contributed by atoms with van der Waals surface area (Å²) in [6.45, 7) is 0. The summed E-state index contributed by atoms with van der Waals surface area (Å²) in [4.78, 5) is 157. The standard InChI is InChI=1S/Mo.11H2O3P.V/c;11*1-4(2)3;/h;11*(H2,1,2,3);/q+6;11*-1;+5. The van der Waals surface area contributed by atoms with Gasteiger partial charge in [0.25, 0.3) is 0 Å². The van der Waals surface area contributed by atoms with Crippen molar-refractivity contribution in [3.8, 4) is 0 Å². The van der Waals surface area contributed by atoms with E-state index in [0.29, 0.717) is 0 Å². The molecule has 0 aromatic rings. The maximum atomic E-state index is 8.70. The van der Waals surface area contributed by atoms with Crippen molar-refractivity contribution in [1.29, 1.82) is 0 Å². The van der Waals surface area contributed by atoms with Gasteiger partial charge in [-0.1, -0.05) is 0 Å². The molecule has 0 rings (SSSR count). The number of rotatable bonds is 0. The van der Waals surface area contributed by atoms with E-state index >= 15 is 0 Å². The van der Waals surface area contributed by atoms with Crippen LogP contribution in [0.3, 0.4) is 0 Å². The summed E-state index contributed by atoms with van der Waals surface area (Å²) in [6, 6.07) is 0. The largest absolute Gasteiger partial charge is 6.00 e. The van der Waals surface area contributed by atoms with E-state index in [1.54, 1.807) is 0 Å². The van der Waals surface area contributed by atoms with Crippen molar-refractivity contribution in [2.75, 3.05) is 0 Å². The topological polar surface area (TPSA) is 633 Å². The third-order valence-corrected chi connectivity index (χ3v) is 0. The first kappa shape index (κ1) is 87.1. The molecule has 46 heteroatoms. The molecule has 0 fully saturated rings. The van der Waals surface area contributed by atoms with Crippen molar-refractivity contribution < 1.29 is 197 Å². The zero-order chi connectivity index (χ0) is 39.4. The van der Waals surface area contributed by atoms with Crippen LogP contribution in [0.1, 0.15) is 0 Å². The average molecular weight is 1040 g/mol. The molecule has 0 aromatic carbocycles. The molecular weight excluding hydrogens is 1020 g/mol. The van der Waals surface area contributed by atoms with E-state index in [-0.39, 0.29) is 39.6 Å². The van der Waals surface area contributed by atoms with E-state index in [0.717, 1.165) is 0 Å². The fourth-order valence-corrected chi connectivity index (χ4v) is 0. The van der Waals surface area contributed by atoms with Crippen molar-refractivity contribution in [2.24, 2.45) is 0 Å². The second kappa shape index (κ2) is 81.8. The summed E-state index contributed by atoms with van der Waals surface area (Å²) in [7, 11) is -31.6. The van der Waals surface area contributed by atoms with Crippen molar-refractivity contribution >= 4 is 90.8 Å². The molecule has 0 aliphatic heterocycles. The van der Waals surface area contributed by atoms with Gasteiger partial charge in [0.2, 0.25) is 0 Å². The van der Waals surface area contributed by atoms with Gasteiger partial charge < -0.3 is 158 Å². The van der Waals surface area contributed by atoms with E-state index in [1.807, 2.05) is 0 Å². The molecule has 0 aliphatic rings. The van der Waals surface area contributed by atoms with Crippen LogP contribution in [-0.4, -0.2) is 108 Å². The first-order valence-electron chi connectivity index (χ1n) is 6.41. The van der Waals surface area contributed by atoms with Crippen LogP contribution in [0.4, 0.5) is 0 Å². The van der Waals surface area contributed by atoms with Crippen molar-refractivity contribution in [3.63, 3.8) is 0 Å². The second-order valence-electron chi connectivity index (χ2n) is 2.78. The van der Waals surface area contributed by atoms with Gasteiger partial charge >= 0.3 is 39.6 Å². The van der Waals surface area contributed by atoms with Gasteiger partial charge in [-0.25, -0.2) is 0 Å². The van der Waals surface area contributed by atoms with Gasteiger partial charge in [0, 0.05) is 0 Å². The summed E-state index contributed by atoms with van der Waals surface area (Å²) < 4.78 is 95.7. The predicted octanol–water partition coefficient (Wildman–Crippen LogP) is -4.09. The summed E-state index contributed by atoms with van der Waals surface area (Å²) >= 11 is 0. The van der Waals surface area contributed by atoms with Gasteiger partial charge in [0.15, 0.2) is 0 Å². The first-order valence-corrected chi connectivity index (χ1v) is 19.2. The molecule has 0 unspecified atom stereocenters. The molecule has 0 bridgehead atoms. The van der Waals surface area contributed by atoms with Crippen LogP contribution in [0, 0.1) is 0 Å². The monoisotopic (exact) mass is 1040 g/mol. The van der Waals surface area contributed by atoms with E-state index in [1.165, 1.54) is 0 Å². The number of hydrogen-bond donors (Lipinski definition) is 22. The Kier molecular flexibility index (Phi) is 155. The Balaban J connectivity index is -0.0000000236. The molecule has 0 radical (unpaired) electrons. The number of hydrogen-bond acceptors (Lipinski definition) is 11. The van der Waals surface area contributed by atoms with Crippen LogP contribution >= 0.6 is 90.8 Å². The first-order chi connectivity index (χ1) is 19.1. The van der Waals surface area contributed by atoms with Gasteiger partial charge in [-0.05, 0) is 0 Å². The van der Waals surface area contributed by atoms with Crippen molar-refractivity contribution in [1.82, 2.24) is 0 Å². The summed E-state index contributed by atoms with van der Waals surface area (Å²) in [6.07, 6.45) is 0. The SMILES string of the molecule is O=[P-](O)O.O=[P-](O)O.O=[P-](O)O.O=[P-](O)O.O=[P-](O)O.O=[P-](O)O.O=[P-](O)O.O=[P-](O)O.O=[P-](O)O.O=[P-](O)O.O=[P-](O)O.[Mo+6].[V+5]. The van der Waals surface area contributed by atoms with Crippen LogP contribution in [-0.2, 0) is 89.8 Å². The normalized spacial score (nSPS) is 8.37. The Hall–Kier alpha value is 2.92. The maximum Gasteiger partial charge on any atom is 6.00 e. The minimum Gasteiger partial charge on any atom is -0.485 e. The quantitative estimate of drug-likeness (QED) is 0.0810. The average Bonchev–Trinajstić information content (AvgIpc) is 2.55. The van der Waals surface area contributed by atoms with Gasteiger partial charge in [-0.15, -0.1) is 0 Å². The Labute approximate surface area is 287 Å². The smallest absolute Gasteiger partial charge is 0.485 e. The molecule has 286 valence electrons. The maximum absolute atomic E-state index is 8.70. The van der Waals surface area contributed by atoms with Crippen LogP contribution in [0.5, 0.6) is 0 Å². The molecule has 0 spiro atoms. The van der Waals surface area contributed by atoms with Crippen molar-refractivity contribution in [2.45, 2.75) is 0 Å². The second-order valence-corrected chi connectivity index (χ2v) is 8.34. The molecule has 0 aromatic heterocycles. The van der Waals surface area contributed by atoms with Crippen LogP contribution in [0.15, 0.2) is 0 Å². The van der Waals surface area contributed by atoms with Crippen molar-refractivity contribution in [3.05, 3.63) is 0 Å². The van der Waals surface area contributed by atoms with Gasteiger partial charge in [-0.3, -0.25) is 0 Å². The molecule has 33 nitrogen and oxygen atoms in total. The molecule has 0 saturated heterocycles. The Morgan fingerprint density at radius 2 is 0.174 bits per heavy atom. The molecule has 0 atom stereocenters. The molecule has 0 aliphatic carbocycles. The van der Waals surface area contributed by atoms with Gasteiger partial charge in [0.1, 0.15) is 0 Å². The third kappa shape index (κ3) is 11600. The molecule has 0 amide bonds. The van der Waals surface area contributed by atoms with Gasteiger partial charge in [0.05, 0.1) is 90.8 Å². The fourth-order valence-electron chi connectivity index (χ4n) is 0. The molecule has 46 heavy (non-hydrogen) atoms. The zero-order valence-corrected chi connectivity index (χ0v) is 33.3. The minimum absolute atomic E-state index is 0. The summed E-state index contributed by atoms with van der Waals surface area (Å²) in [5.74, 6) is 0. The molecule has 22 N–H and O–H groups in total. The van der Waals surface area contributed by atoms with E-state index in [2.05, 4.69) is 0 Å². The fraction of sp³-hybridized carbons (Fsp3) is 0. The van der Waals surface area contributed by atoms with E-state index < -0.39 is 90.8 Å². The molecule has 0 heterocycles. The third-order valence-electron chi connectivity index (χ3n) is 0. The molecular formula is H22MoO33P11V. The van der Waals surface area contributed by atoms with Crippen LogP contribution in [0.2, 0.25) is 0 Å². The van der Waals surface area contributed by atoms with Crippen LogP contribution in [0.25, 0.3) is 0 Å². The van der Waals surface area contributed by atoms with Gasteiger partial charge in [-0.2, -0.15) is 0 Å². The minimum atomic E-state index is -2.87.